The number of esters is 1. The first-order valence-electron chi connectivity index (χ1n) is 10.0. The van der Waals surface area contributed by atoms with Crippen molar-refractivity contribution >= 4 is 39.3 Å². The van der Waals surface area contributed by atoms with Gasteiger partial charge in [0.15, 0.2) is 10.6 Å². The number of hydrogen-bond donors (Lipinski definition) is 0. The molecule has 0 radical (unpaired) electrons. The molecule has 0 bridgehead atoms. The number of methoxy groups -OCH3 is 1. The summed E-state index contributed by atoms with van der Waals surface area (Å²) in [7, 11) is 1.31. The maximum absolute atomic E-state index is 13.6. The van der Waals surface area contributed by atoms with Crippen LogP contribution in [0.25, 0.3) is 11.0 Å². The summed E-state index contributed by atoms with van der Waals surface area (Å²) < 4.78 is 10.7. The van der Waals surface area contributed by atoms with Crippen molar-refractivity contribution in [3.63, 3.8) is 0 Å². The Morgan fingerprint density at radius 2 is 1.97 bits per heavy atom. The number of hydrogen-bond acceptors (Lipinski definition) is 7. The van der Waals surface area contributed by atoms with E-state index in [-0.39, 0.29) is 16.8 Å². The highest BCUT2D eigenvalue weighted by Crippen LogP contribution is 2.41. The Balaban J connectivity index is 1.75. The highest BCUT2D eigenvalue weighted by atomic mass is 32.1. The highest BCUT2D eigenvalue weighted by molar-refractivity contribution is 7.13. The van der Waals surface area contributed by atoms with Crippen molar-refractivity contribution in [1.29, 1.82) is 0 Å². The van der Waals surface area contributed by atoms with Crippen LogP contribution in [0.3, 0.4) is 0 Å². The van der Waals surface area contributed by atoms with E-state index in [1.807, 2.05) is 19.1 Å². The van der Waals surface area contributed by atoms with Crippen LogP contribution in [0.5, 0.6) is 0 Å². The number of amides is 1. The van der Waals surface area contributed by atoms with Crippen molar-refractivity contribution in [2.24, 2.45) is 0 Å². The fourth-order valence-electron chi connectivity index (χ4n) is 4.01. The lowest BCUT2D eigenvalue weighted by Crippen LogP contribution is -2.29. The fraction of sp³-hybridized carbons (Fsp3) is 0.167. The van der Waals surface area contributed by atoms with Gasteiger partial charge in [-0.3, -0.25) is 14.5 Å². The van der Waals surface area contributed by atoms with Crippen molar-refractivity contribution in [1.82, 2.24) is 4.98 Å². The van der Waals surface area contributed by atoms with Gasteiger partial charge < -0.3 is 9.15 Å². The summed E-state index contributed by atoms with van der Waals surface area (Å²) in [6.07, 6.45) is 2.38. The summed E-state index contributed by atoms with van der Waals surface area (Å²) in [5.41, 5.74) is 2.45. The summed E-state index contributed by atoms with van der Waals surface area (Å²) in [5.74, 6) is -0.867. The minimum absolute atomic E-state index is 0.0176. The molecule has 4 aromatic rings. The molecule has 0 N–H and O–H groups in total. The lowest BCUT2D eigenvalue weighted by atomic mass is 9.97. The summed E-state index contributed by atoms with van der Waals surface area (Å²) in [5, 5.41) is 2.66. The Morgan fingerprint density at radius 3 is 2.62 bits per heavy atom. The van der Waals surface area contributed by atoms with Crippen molar-refractivity contribution in [3.05, 3.63) is 92.3 Å². The van der Waals surface area contributed by atoms with Gasteiger partial charge in [0.2, 0.25) is 5.76 Å². The standard InChI is InChI=1S/C24H18N2O5S/c1-3-13-4-9-17-16(12-13)20(27)18-19(14-5-7-15(8-6-14)23(29)30-2)26(22(28)21(18)31-17)24-25-10-11-32-24/h4-12,19H,3H2,1-2H3. The second kappa shape index (κ2) is 7.72. The smallest absolute Gasteiger partial charge is 0.337 e. The topological polar surface area (TPSA) is 89.7 Å². The lowest BCUT2D eigenvalue weighted by Gasteiger charge is -2.22. The van der Waals surface area contributed by atoms with E-state index >= 15 is 0 Å². The Morgan fingerprint density at radius 1 is 1.19 bits per heavy atom. The van der Waals surface area contributed by atoms with Gasteiger partial charge in [-0.25, -0.2) is 9.78 Å². The number of aromatic nitrogens is 1. The first kappa shape index (κ1) is 20.1. The van der Waals surface area contributed by atoms with Gasteiger partial charge in [0.25, 0.3) is 5.91 Å². The third-order valence-corrected chi connectivity index (χ3v) is 6.39. The van der Waals surface area contributed by atoms with E-state index in [2.05, 4.69) is 4.98 Å². The van der Waals surface area contributed by atoms with Gasteiger partial charge in [0, 0.05) is 11.6 Å². The van der Waals surface area contributed by atoms with Crippen LogP contribution in [0.4, 0.5) is 5.13 Å². The first-order valence-corrected chi connectivity index (χ1v) is 10.9. The molecule has 1 unspecified atom stereocenters. The van der Waals surface area contributed by atoms with Gasteiger partial charge in [0.1, 0.15) is 5.58 Å². The number of carbonyl (C=O) groups is 2. The van der Waals surface area contributed by atoms with Gasteiger partial charge in [-0.1, -0.05) is 25.1 Å². The molecule has 2 aromatic heterocycles. The number of anilines is 1. The Hall–Kier alpha value is -3.78. The third kappa shape index (κ3) is 3.03. The second-order valence-corrected chi connectivity index (χ2v) is 8.24. The maximum Gasteiger partial charge on any atom is 0.337 e. The van der Waals surface area contributed by atoms with Crippen LogP contribution in [0.1, 0.15) is 50.6 Å². The van der Waals surface area contributed by atoms with Crippen LogP contribution in [0.2, 0.25) is 0 Å². The van der Waals surface area contributed by atoms with Crippen molar-refractivity contribution in [3.8, 4) is 0 Å². The Labute approximate surface area is 186 Å². The monoisotopic (exact) mass is 446 g/mol. The molecule has 0 fully saturated rings. The van der Waals surface area contributed by atoms with Gasteiger partial charge in [-0.15, -0.1) is 11.3 Å². The van der Waals surface area contributed by atoms with Gasteiger partial charge in [-0.2, -0.15) is 0 Å². The summed E-state index contributed by atoms with van der Waals surface area (Å²) in [6.45, 7) is 2.01. The normalized spacial score (nSPS) is 15.2. The van der Waals surface area contributed by atoms with E-state index in [0.717, 1.165) is 12.0 Å². The molecule has 2 aromatic carbocycles. The zero-order valence-corrected chi connectivity index (χ0v) is 18.1. The number of rotatable bonds is 4. The molecule has 32 heavy (non-hydrogen) atoms. The molecule has 7 nitrogen and oxygen atoms in total. The number of carbonyl (C=O) groups excluding carboxylic acids is 2. The molecule has 1 aliphatic heterocycles. The molecule has 0 spiro atoms. The first-order chi connectivity index (χ1) is 15.5. The average Bonchev–Trinajstić information content (AvgIpc) is 3.45. The molecule has 0 saturated heterocycles. The molecular weight excluding hydrogens is 428 g/mol. The molecule has 3 heterocycles. The minimum Gasteiger partial charge on any atom is -0.465 e. The van der Waals surface area contributed by atoms with Crippen molar-refractivity contribution in [2.75, 3.05) is 12.0 Å². The maximum atomic E-state index is 13.6. The summed E-state index contributed by atoms with van der Waals surface area (Å²) in [6, 6.07) is 11.4. The second-order valence-electron chi connectivity index (χ2n) is 7.36. The number of thiazole rings is 1. The molecule has 0 saturated carbocycles. The minimum atomic E-state index is -0.721. The largest absolute Gasteiger partial charge is 0.465 e. The fourth-order valence-corrected chi connectivity index (χ4v) is 4.67. The zero-order valence-electron chi connectivity index (χ0n) is 17.3. The van der Waals surface area contributed by atoms with Crippen LogP contribution in [-0.2, 0) is 11.2 Å². The average molecular weight is 446 g/mol. The summed E-state index contributed by atoms with van der Waals surface area (Å²) >= 11 is 1.30. The van der Waals surface area contributed by atoms with Crippen LogP contribution in [-0.4, -0.2) is 24.0 Å². The highest BCUT2D eigenvalue weighted by Gasteiger charge is 2.44. The number of nitrogens with zero attached hydrogens (tertiary/aromatic N) is 2. The molecule has 1 aliphatic rings. The van der Waals surface area contributed by atoms with E-state index < -0.39 is 17.9 Å². The van der Waals surface area contributed by atoms with Crippen molar-refractivity contribution in [2.45, 2.75) is 19.4 Å². The summed E-state index contributed by atoms with van der Waals surface area (Å²) in [4.78, 5) is 44.7. The predicted molar refractivity (Wildman–Crippen MR) is 120 cm³/mol. The quantitative estimate of drug-likeness (QED) is 0.433. The van der Waals surface area contributed by atoms with Crippen LogP contribution in [0.15, 0.2) is 63.3 Å². The molecule has 5 rings (SSSR count). The van der Waals surface area contributed by atoms with Gasteiger partial charge in [-0.05, 0) is 41.8 Å². The molecular formula is C24H18N2O5S. The Bertz CT molecular complexity index is 1410. The van der Waals surface area contributed by atoms with E-state index in [9.17, 15) is 14.4 Å². The number of aryl methyl sites for hydroxylation is 1. The number of fused-ring (bicyclic) bond motifs is 2. The third-order valence-electron chi connectivity index (χ3n) is 5.62. The van der Waals surface area contributed by atoms with Gasteiger partial charge in [0.05, 0.1) is 29.7 Å². The number of benzene rings is 2. The molecule has 0 aliphatic carbocycles. The van der Waals surface area contributed by atoms with Crippen LogP contribution in [0, 0.1) is 0 Å². The van der Waals surface area contributed by atoms with E-state index in [1.165, 1.54) is 23.3 Å². The predicted octanol–water partition coefficient (Wildman–Crippen LogP) is 4.35. The van der Waals surface area contributed by atoms with Gasteiger partial charge >= 0.3 is 5.97 Å². The number of ether oxygens (including phenoxy) is 1. The van der Waals surface area contributed by atoms with E-state index in [0.29, 0.717) is 27.2 Å². The van der Waals surface area contributed by atoms with Crippen molar-refractivity contribution < 1.29 is 18.7 Å². The van der Waals surface area contributed by atoms with E-state index in [4.69, 9.17) is 9.15 Å². The zero-order chi connectivity index (χ0) is 22.4. The van der Waals surface area contributed by atoms with E-state index in [1.54, 1.807) is 41.9 Å². The van der Waals surface area contributed by atoms with Crippen LogP contribution < -0.4 is 10.3 Å². The SMILES string of the molecule is CCc1ccc2oc3c(c(=O)c2c1)C(c1ccc(C(=O)OC)cc1)N(c1nccs1)C3=O. The molecule has 160 valence electrons. The van der Waals surface area contributed by atoms with Crippen LogP contribution >= 0.6 is 11.3 Å². The lowest BCUT2D eigenvalue weighted by molar-refractivity contribution is 0.0600. The molecule has 8 heteroatoms. The molecule has 1 amide bonds. The Kier molecular flexibility index (Phi) is 4.86. The molecule has 1 atom stereocenters.